The second-order valence-corrected chi connectivity index (χ2v) is 13.5. The van der Waals surface area contributed by atoms with Crippen molar-refractivity contribution in [3.05, 3.63) is 93.4 Å². The second-order valence-electron chi connectivity index (χ2n) is 10.9. The molecule has 5 rings (SSSR count). The van der Waals surface area contributed by atoms with E-state index in [2.05, 4.69) is 10.1 Å². The normalized spacial score (nSPS) is 20.6. The minimum Gasteiger partial charge on any atom is -0.460 e. The molecule has 0 radical (unpaired) electrons. The Kier molecular flexibility index (Phi) is 8.13. The number of rotatable bonds is 8. The Hall–Kier alpha value is -3.41. The lowest BCUT2D eigenvalue weighted by Crippen LogP contribution is -2.66. The third kappa shape index (κ3) is 5.58. The maximum absolute atomic E-state index is 13.4. The van der Waals surface area contributed by atoms with E-state index in [9.17, 15) is 14.4 Å². The van der Waals surface area contributed by atoms with Gasteiger partial charge in [0.05, 0.1) is 10.3 Å². The fourth-order valence-corrected chi connectivity index (χ4v) is 7.61. The van der Waals surface area contributed by atoms with Crippen molar-refractivity contribution in [3.63, 3.8) is 0 Å². The first-order chi connectivity index (χ1) is 19.5. The molecule has 1 amide bonds. The van der Waals surface area contributed by atoms with Gasteiger partial charge in [-0.1, -0.05) is 93.2 Å². The monoisotopic (exact) mass is 592 g/mol. The van der Waals surface area contributed by atoms with Crippen molar-refractivity contribution in [2.75, 3.05) is 7.11 Å². The van der Waals surface area contributed by atoms with Crippen LogP contribution in [-0.4, -0.2) is 54.5 Å². The number of ether oxygens (including phenoxy) is 2. The van der Waals surface area contributed by atoms with Crippen molar-refractivity contribution in [3.8, 4) is 5.88 Å². The maximum atomic E-state index is 13.4. The molecule has 9 nitrogen and oxygen atoms in total. The number of thioether (sulfide) groups is 2. The highest BCUT2D eigenvalue weighted by Crippen LogP contribution is 2.50. The summed E-state index contributed by atoms with van der Waals surface area (Å²) in [6.45, 7) is 7.34. The van der Waals surface area contributed by atoms with Crippen LogP contribution in [0.4, 0.5) is 0 Å². The zero-order valence-electron chi connectivity index (χ0n) is 23.7. The van der Waals surface area contributed by atoms with Gasteiger partial charge in [0.25, 0.3) is 5.91 Å². The Balaban J connectivity index is 1.46. The quantitative estimate of drug-likeness (QED) is 0.348. The van der Waals surface area contributed by atoms with Crippen LogP contribution >= 0.6 is 23.5 Å². The molecule has 11 heteroatoms. The zero-order chi connectivity index (χ0) is 29.5. The summed E-state index contributed by atoms with van der Waals surface area (Å²) in [7, 11) is 3.19. The van der Waals surface area contributed by atoms with E-state index < -0.39 is 23.2 Å². The van der Waals surface area contributed by atoms with Gasteiger partial charge in [-0.2, -0.15) is 4.98 Å². The summed E-state index contributed by atoms with van der Waals surface area (Å²) in [5.74, 6) is -0.456. The fourth-order valence-electron chi connectivity index (χ4n) is 4.71. The molecule has 0 bridgehead atoms. The molecular formula is C30H32N4O5S2. The number of hydrogen-bond acceptors (Lipinski definition) is 9. The van der Waals surface area contributed by atoms with Gasteiger partial charge in [-0.05, 0) is 23.6 Å². The summed E-state index contributed by atoms with van der Waals surface area (Å²) in [6.07, 6.45) is -1.19. The van der Waals surface area contributed by atoms with Crippen molar-refractivity contribution < 1.29 is 19.1 Å². The van der Waals surface area contributed by atoms with Crippen LogP contribution in [0.15, 0.2) is 81.9 Å². The van der Waals surface area contributed by atoms with Crippen LogP contribution in [0.2, 0.25) is 0 Å². The SMILES string of the molecule is CO[C@H]1C(=O)N2C(C(=O)C(C)(C)C)=C(C)C(Sc3nc(=O)c(OC(c4ccccc4)c4ccccc4)nn3C)S[C@@H]12. The van der Waals surface area contributed by atoms with Gasteiger partial charge in [0.2, 0.25) is 0 Å². The highest BCUT2D eigenvalue weighted by atomic mass is 32.2. The molecule has 41 heavy (non-hydrogen) atoms. The summed E-state index contributed by atoms with van der Waals surface area (Å²) in [4.78, 5) is 45.4. The molecule has 214 valence electrons. The van der Waals surface area contributed by atoms with E-state index in [1.54, 1.807) is 11.9 Å². The summed E-state index contributed by atoms with van der Waals surface area (Å²) >= 11 is 2.81. The van der Waals surface area contributed by atoms with Crippen LogP contribution in [0.25, 0.3) is 0 Å². The summed E-state index contributed by atoms with van der Waals surface area (Å²) in [6, 6.07) is 19.3. The third-order valence-corrected chi connectivity index (χ3v) is 10.0. The average molecular weight is 593 g/mol. The van der Waals surface area contributed by atoms with Crippen molar-refractivity contribution in [2.45, 2.75) is 55.0 Å². The number of benzene rings is 2. The van der Waals surface area contributed by atoms with Gasteiger partial charge in [-0.15, -0.1) is 16.9 Å². The Bertz CT molecular complexity index is 1510. The zero-order valence-corrected chi connectivity index (χ0v) is 25.4. The van der Waals surface area contributed by atoms with Gasteiger partial charge in [0.15, 0.2) is 23.1 Å². The van der Waals surface area contributed by atoms with Gasteiger partial charge in [0.1, 0.15) is 5.37 Å². The summed E-state index contributed by atoms with van der Waals surface area (Å²) in [5, 5.41) is 4.48. The lowest BCUT2D eigenvalue weighted by Gasteiger charge is -2.51. The molecule has 1 unspecified atom stereocenters. The number of allylic oxidation sites excluding steroid dienone is 1. The molecule has 0 saturated carbocycles. The van der Waals surface area contributed by atoms with Crippen molar-refractivity contribution in [2.24, 2.45) is 12.5 Å². The molecule has 3 atom stereocenters. The third-order valence-electron chi connectivity index (χ3n) is 6.92. The van der Waals surface area contributed by atoms with Gasteiger partial charge in [0, 0.05) is 19.6 Å². The number of Topliss-reactive ketones (excluding diaryl/α,β-unsaturated/α-hetero) is 1. The van der Waals surface area contributed by atoms with Gasteiger partial charge >= 0.3 is 11.4 Å². The van der Waals surface area contributed by atoms with E-state index in [0.29, 0.717) is 10.9 Å². The summed E-state index contributed by atoms with van der Waals surface area (Å²) in [5.41, 5.74) is 1.61. The van der Waals surface area contributed by atoms with E-state index in [0.717, 1.165) is 16.7 Å². The van der Waals surface area contributed by atoms with E-state index in [1.165, 1.54) is 35.3 Å². The minimum atomic E-state index is -0.684. The Morgan fingerprint density at radius 1 is 1.02 bits per heavy atom. The lowest BCUT2D eigenvalue weighted by molar-refractivity contribution is -0.160. The van der Waals surface area contributed by atoms with E-state index >= 15 is 0 Å². The lowest BCUT2D eigenvalue weighted by atomic mass is 9.86. The standard InChI is InChI=1S/C30H32N4O5S2/c1-17-20(23(35)30(2,3)4)34-26(37)22(38-6)27(34)40-28(17)41-29-31-24(36)25(32-33(29)5)39-21(18-13-9-7-10-14-18)19-15-11-8-12-16-19/h7-16,21-22,27-28H,1-6H3/t22-,27-,28?/m0/s1. The molecule has 1 saturated heterocycles. The number of hydrogen-bond donors (Lipinski definition) is 0. The van der Waals surface area contributed by atoms with E-state index in [-0.39, 0.29) is 27.5 Å². The molecule has 1 aromatic heterocycles. The second kappa shape index (κ2) is 11.5. The van der Waals surface area contributed by atoms with E-state index in [1.807, 2.05) is 88.4 Å². The van der Waals surface area contributed by atoms with E-state index in [4.69, 9.17) is 9.47 Å². The summed E-state index contributed by atoms with van der Waals surface area (Å²) < 4.78 is 12.8. The highest BCUT2D eigenvalue weighted by molar-refractivity contribution is 8.17. The molecule has 0 spiro atoms. The highest BCUT2D eigenvalue weighted by Gasteiger charge is 2.56. The van der Waals surface area contributed by atoms with Crippen LogP contribution < -0.4 is 10.3 Å². The molecule has 2 aliphatic rings. The Morgan fingerprint density at radius 2 is 1.61 bits per heavy atom. The van der Waals surface area contributed by atoms with Gasteiger partial charge in [-0.3, -0.25) is 19.3 Å². The Labute approximate surface area is 247 Å². The largest absolute Gasteiger partial charge is 0.460 e. The predicted molar refractivity (Wildman–Crippen MR) is 158 cm³/mol. The first kappa shape index (κ1) is 29.1. The van der Waals surface area contributed by atoms with Crippen LogP contribution in [0, 0.1) is 5.41 Å². The molecule has 2 aromatic carbocycles. The number of ketones is 1. The number of aryl methyl sites for hydroxylation is 1. The molecule has 3 heterocycles. The number of fused-ring (bicyclic) bond motifs is 1. The number of carbonyl (C=O) groups is 2. The number of nitrogens with zero attached hydrogens (tertiary/aromatic N) is 4. The van der Waals surface area contributed by atoms with Gasteiger partial charge in [-0.25, -0.2) is 4.68 Å². The minimum absolute atomic E-state index is 0.114. The number of carbonyl (C=O) groups excluding carboxylic acids is 2. The topological polar surface area (TPSA) is 104 Å². The number of amides is 1. The molecule has 2 aliphatic heterocycles. The fraction of sp³-hybridized carbons (Fsp3) is 0.367. The van der Waals surface area contributed by atoms with Crippen molar-refractivity contribution >= 4 is 35.2 Å². The smallest absolute Gasteiger partial charge is 0.336 e. The van der Waals surface area contributed by atoms with Crippen LogP contribution in [-0.2, 0) is 21.4 Å². The predicted octanol–water partition coefficient (Wildman–Crippen LogP) is 4.58. The first-order valence-electron chi connectivity index (χ1n) is 13.2. The van der Waals surface area contributed by atoms with Crippen LogP contribution in [0.3, 0.4) is 0 Å². The first-order valence-corrected chi connectivity index (χ1v) is 15.0. The maximum Gasteiger partial charge on any atom is 0.336 e. The van der Waals surface area contributed by atoms with Crippen molar-refractivity contribution in [1.82, 2.24) is 19.7 Å². The molecular weight excluding hydrogens is 560 g/mol. The average Bonchev–Trinajstić information content (AvgIpc) is 2.95. The Morgan fingerprint density at radius 3 is 2.15 bits per heavy atom. The molecule has 0 N–H and O–H groups in total. The molecule has 0 aliphatic carbocycles. The number of β-lactam (4-membered cyclic amide) rings is 1. The molecule has 3 aromatic rings. The van der Waals surface area contributed by atoms with Crippen molar-refractivity contribution in [1.29, 1.82) is 0 Å². The van der Waals surface area contributed by atoms with Crippen LogP contribution in [0.5, 0.6) is 5.88 Å². The van der Waals surface area contributed by atoms with Crippen LogP contribution in [0.1, 0.15) is 44.9 Å². The number of methoxy groups -OCH3 is 1. The molecule has 1 fully saturated rings. The number of aromatic nitrogens is 3. The van der Waals surface area contributed by atoms with Gasteiger partial charge < -0.3 is 9.47 Å².